The van der Waals surface area contributed by atoms with Crippen molar-refractivity contribution in [3.05, 3.63) is 95.3 Å². The van der Waals surface area contributed by atoms with Crippen LogP contribution >= 0.6 is 0 Å². The summed E-state index contributed by atoms with van der Waals surface area (Å²) in [6, 6.07) is 5.79. The van der Waals surface area contributed by atoms with Gasteiger partial charge in [-0.1, -0.05) is 54.5 Å². The molecule has 0 atom stereocenters. The number of aromatic nitrogens is 1. The fourth-order valence-electron chi connectivity index (χ4n) is 3.82. The lowest BCUT2D eigenvalue weighted by molar-refractivity contribution is -0.660. The van der Waals surface area contributed by atoms with Crippen LogP contribution in [-0.2, 0) is 7.05 Å². The molecule has 2 heterocycles. The van der Waals surface area contributed by atoms with Gasteiger partial charge in [0.1, 0.15) is 18.2 Å². The van der Waals surface area contributed by atoms with Crippen LogP contribution in [-0.4, -0.2) is 0 Å². The van der Waals surface area contributed by atoms with Gasteiger partial charge in [-0.2, -0.15) is 0 Å². The van der Waals surface area contributed by atoms with Gasteiger partial charge in [0.15, 0.2) is 11.9 Å². The van der Waals surface area contributed by atoms with Gasteiger partial charge in [0.05, 0.1) is 20.4 Å². The van der Waals surface area contributed by atoms with E-state index in [1.54, 1.807) is 17.7 Å². The van der Waals surface area contributed by atoms with Crippen molar-refractivity contribution >= 4 is 27.6 Å². The first-order chi connectivity index (χ1) is 18.3. The summed E-state index contributed by atoms with van der Waals surface area (Å²) >= 11 is 0. The molecule has 0 saturated heterocycles. The van der Waals surface area contributed by atoms with Crippen molar-refractivity contribution in [1.82, 2.24) is 0 Å². The zero-order valence-electron chi connectivity index (χ0n) is 25.3. The summed E-state index contributed by atoms with van der Waals surface area (Å²) in [6.45, 7) is 7.12. The molecule has 144 valence electrons. The summed E-state index contributed by atoms with van der Waals surface area (Å²) in [7, 11) is 1.68. The summed E-state index contributed by atoms with van der Waals surface area (Å²) in [5.41, 5.74) is 2.46. The van der Waals surface area contributed by atoms with E-state index in [0.717, 1.165) is 5.56 Å². The molecule has 0 radical (unpaired) electrons. The second-order valence-electron chi connectivity index (χ2n) is 7.01. The highest BCUT2D eigenvalue weighted by molar-refractivity contribution is 6.15. The van der Waals surface area contributed by atoms with Gasteiger partial charge in [-0.05, 0) is 30.9 Å². The average molecular weight is 399 g/mol. The highest BCUT2D eigenvalue weighted by atomic mass is 16.3. The highest BCUT2D eigenvalue weighted by Gasteiger charge is 2.22. The largest absolute Gasteiger partial charge is 0.456 e. The Balaban J connectivity index is 1.92. The van der Waals surface area contributed by atoms with Crippen molar-refractivity contribution in [3.63, 3.8) is 0 Å². The SMILES string of the molecule is [2H]c1cc(-c2c(C)ccc3c2oc2c(-c4c([2H])c([2H])c([2H])c([2H])c4[2H])c([N+]#[C-])ccc23)[n+](C)cc1C([2H])([2H])[2H]. The molecular weight excluding hydrogens is 368 g/mol. The van der Waals surface area contributed by atoms with E-state index >= 15 is 0 Å². The number of nitrogens with zero attached hydrogens (tertiary/aromatic N) is 2. The highest BCUT2D eigenvalue weighted by Crippen LogP contribution is 2.44. The molecule has 3 heteroatoms. The van der Waals surface area contributed by atoms with Crippen LogP contribution in [0, 0.1) is 20.3 Å². The molecule has 2 aromatic heterocycles. The lowest BCUT2D eigenvalue weighted by Crippen LogP contribution is -2.31. The van der Waals surface area contributed by atoms with Crippen LogP contribution in [0.2, 0.25) is 0 Å². The van der Waals surface area contributed by atoms with E-state index in [1.165, 1.54) is 18.3 Å². The average Bonchev–Trinajstić information content (AvgIpc) is 3.25. The zero-order valence-corrected chi connectivity index (χ0v) is 16.3. The number of hydrogen-bond acceptors (Lipinski definition) is 1. The molecule has 0 saturated carbocycles. The second-order valence-corrected chi connectivity index (χ2v) is 7.01. The molecule has 0 bridgehead atoms. The summed E-state index contributed by atoms with van der Waals surface area (Å²) in [4.78, 5) is 3.56. The van der Waals surface area contributed by atoms with Crippen molar-refractivity contribution in [3.8, 4) is 22.4 Å². The summed E-state index contributed by atoms with van der Waals surface area (Å²) < 4.78 is 80.8. The Bertz CT molecular complexity index is 1870. The first-order valence-electron chi connectivity index (χ1n) is 13.7. The van der Waals surface area contributed by atoms with E-state index in [4.69, 9.17) is 23.3 Å². The number of furan rings is 1. The molecule has 0 N–H and O–H groups in total. The van der Waals surface area contributed by atoms with Crippen LogP contribution in [0.15, 0.2) is 77.2 Å². The molecular formula is C27H21N2O+. The van der Waals surface area contributed by atoms with Gasteiger partial charge < -0.3 is 4.42 Å². The Kier molecular flexibility index (Phi) is 2.46. The quantitative estimate of drug-likeness (QED) is 0.234. The molecule has 3 nitrogen and oxygen atoms in total. The molecule has 0 spiro atoms. The third kappa shape index (κ3) is 2.69. The fourth-order valence-corrected chi connectivity index (χ4v) is 3.82. The number of fused-ring (bicyclic) bond motifs is 3. The van der Waals surface area contributed by atoms with E-state index in [9.17, 15) is 0 Å². The van der Waals surface area contributed by atoms with E-state index in [1.807, 2.05) is 19.1 Å². The van der Waals surface area contributed by atoms with Crippen molar-refractivity contribution < 1.29 is 21.3 Å². The van der Waals surface area contributed by atoms with Crippen molar-refractivity contribution in [2.24, 2.45) is 7.05 Å². The maximum atomic E-state index is 8.50. The van der Waals surface area contributed by atoms with Crippen molar-refractivity contribution in [2.75, 3.05) is 0 Å². The Labute approximate surface area is 188 Å². The number of pyridine rings is 1. The lowest BCUT2D eigenvalue weighted by atomic mass is 9.98. The summed E-state index contributed by atoms with van der Waals surface area (Å²) in [5, 5.41) is 1.23. The Morgan fingerprint density at radius 3 is 2.43 bits per heavy atom. The molecule has 0 unspecified atom stereocenters. The lowest BCUT2D eigenvalue weighted by Gasteiger charge is -2.06. The molecule has 5 rings (SSSR count). The number of benzene rings is 3. The maximum Gasteiger partial charge on any atom is 0.216 e. The topological polar surface area (TPSA) is 21.4 Å². The van der Waals surface area contributed by atoms with Gasteiger partial charge in [0, 0.05) is 32.1 Å². The van der Waals surface area contributed by atoms with Crippen LogP contribution in [0.1, 0.15) is 23.5 Å². The second kappa shape index (κ2) is 6.86. The minimum Gasteiger partial charge on any atom is -0.456 e. The minimum atomic E-state index is -2.46. The summed E-state index contributed by atoms with van der Waals surface area (Å²) in [6.07, 6.45) is 1.40. The van der Waals surface area contributed by atoms with Crippen LogP contribution in [0.25, 0.3) is 49.2 Å². The molecule has 30 heavy (non-hydrogen) atoms. The number of hydrogen-bond donors (Lipinski definition) is 0. The third-order valence-corrected chi connectivity index (χ3v) is 5.19. The molecule has 0 amide bonds. The molecule has 5 aromatic rings. The first-order valence-corrected chi connectivity index (χ1v) is 9.22. The normalized spacial score (nSPS) is 15.8. The predicted molar refractivity (Wildman–Crippen MR) is 122 cm³/mol. The van der Waals surface area contributed by atoms with E-state index in [2.05, 4.69) is 4.85 Å². The Hall–Kier alpha value is -3.90. The van der Waals surface area contributed by atoms with Crippen LogP contribution < -0.4 is 4.57 Å². The van der Waals surface area contributed by atoms with E-state index < -0.39 is 37.1 Å². The fraction of sp³-hybridized carbons (Fsp3) is 0.111. The van der Waals surface area contributed by atoms with Gasteiger partial charge in [-0.25, -0.2) is 9.41 Å². The summed E-state index contributed by atoms with van der Waals surface area (Å²) in [5.74, 6) is 0. The van der Waals surface area contributed by atoms with Crippen LogP contribution in [0.3, 0.4) is 0 Å². The van der Waals surface area contributed by atoms with Gasteiger partial charge >= 0.3 is 0 Å². The van der Waals surface area contributed by atoms with Gasteiger partial charge in [-0.15, -0.1) is 0 Å². The van der Waals surface area contributed by atoms with E-state index in [0.29, 0.717) is 27.6 Å². The van der Waals surface area contributed by atoms with Gasteiger partial charge in [0.25, 0.3) is 0 Å². The zero-order chi connectivity index (χ0) is 28.5. The standard InChI is InChI=1S/C27H21N2O/c1-17-10-15-23(29(4)16-17)24-18(2)11-12-20-21-13-14-22(28-3)25(27(21)30-26(20)24)19-8-6-5-7-9-19/h5-16H,1-2,4H3/q+1/i1D3,5D,6D,7D,8D,9D,10D. The van der Waals surface area contributed by atoms with Crippen molar-refractivity contribution in [2.45, 2.75) is 13.8 Å². The van der Waals surface area contributed by atoms with Gasteiger partial charge in [-0.3, -0.25) is 0 Å². The maximum absolute atomic E-state index is 8.50. The Morgan fingerprint density at radius 2 is 1.70 bits per heavy atom. The predicted octanol–water partition coefficient (Wildman–Crippen LogP) is 6.91. The molecule has 3 aromatic carbocycles. The van der Waals surface area contributed by atoms with Crippen LogP contribution in [0.5, 0.6) is 0 Å². The first kappa shape index (κ1) is 10.8. The number of aryl methyl sites for hydroxylation is 3. The van der Waals surface area contributed by atoms with Crippen molar-refractivity contribution in [1.29, 1.82) is 0 Å². The van der Waals surface area contributed by atoms with Gasteiger partial charge in [0.2, 0.25) is 5.69 Å². The molecule has 0 fully saturated rings. The number of rotatable bonds is 2. The Morgan fingerprint density at radius 1 is 0.967 bits per heavy atom. The smallest absolute Gasteiger partial charge is 0.216 e. The third-order valence-electron chi connectivity index (χ3n) is 5.19. The minimum absolute atomic E-state index is 0.0689. The molecule has 0 aliphatic carbocycles. The van der Waals surface area contributed by atoms with E-state index in [-0.39, 0.29) is 34.0 Å². The molecule has 0 aliphatic heterocycles. The van der Waals surface area contributed by atoms with Crippen LogP contribution in [0.4, 0.5) is 5.69 Å². The monoisotopic (exact) mass is 398 g/mol. The molecule has 0 aliphatic rings.